The van der Waals surface area contributed by atoms with Crippen molar-refractivity contribution in [2.75, 3.05) is 0 Å². The van der Waals surface area contributed by atoms with Gasteiger partial charge < -0.3 is 9.63 Å². The van der Waals surface area contributed by atoms with Crippen LogP contribution in [0.5, 0.6) is 0 Å². The Morgan fingerprint density at radius 3 is 2.95 bits per heavy atom. The second-order valence-corrected chi connectivity index (χ2v) is 6.75. The summed E-state index contributed by atoms with van der Waals surface area (Å²) < 4.78 is 6.29. The Kier molecular flexibility index (Phi) is 3.89. The fourth-order valence-electron chi connectivity index (χ4n) is 2.64. The summed E-state index contributed by atoms with van der Waals surface area (Å²) in [5, 5.41) is 15.2. The molecule has 20 heavy (non-hydrogen) atoms. The molecule has 2 aromatic rings. The zero-order chi connectivity index (χ0) is 14.1. The third-order valence-electron chi connectivity index (χ3n) is 3.63. The first kappa shape index (κ1) is 13.8. The van der Waals surface area contributed by atoms with E-state index in [1.54, 1.807) is 0 Å². The van der Waals surface area contributed by atoms with Crippen molar-refractivity contribution in [3.05, 3.63) is 21.8 Å². The van der Waals surface area contributed by atoms with Gasteiger partial charge in [0.2, 0.25) is 11.7 Å². The average molecular weight is 357 g/mol. The second kappa shape index (κ2) is 5.65. The summed E-state index contributed by atoms with van der Waals surface area (Å²) in [6, 6.07) is 1.93. The van der Waals surface area contributed by atoms with E-state index < -0.39 is 11.9 Å². The quantitative estimate of drug-likeness (QED) is 0.901. The number of aromatic nitrogens is 2. The first-order chi connectivity index (χ1) is 9.65. The second-order valence-electron chi connectivity index (χ2n) is 4.92. The van der Waals surface area contributed by atoms with Crippen LogP contribution >= 0.6 is 27.3 Å². The zero-order valence-electron chi connectivity index (χ0n) is 10.6. The molecule has 1 N–H and O–H groups in total. The molecule has 1 saturated carbocycles. The third kappa shape index (κ3) is 2.64. The van der Waals surface area contributed by atoms with E-state index in [-0.39, 0.29) is 5.92 Å². The number of nitrogens with zero attached hydrogens (tertiary/aromatic N) is 2. The minimum atomic E-state index is -0.770. The van der Waals surface area contributed by atoms with Crippen LogP contribution in [0.4, 0.5) is 0 Å². The lowest BCUT2D eigenvalue weighted by atomic mass is 9.79. The number of thiophene rings is 1. The topological polar surface area (TPSA) is 76.2 Å². The SMILES string of the molecule is O=C(O)C1CCCCC1c1nc(-c2cc(Br)cs2)no1. The molecule has 0 bridgehead atoms. The molecule has 2 atom stereocenters. The molecule has 106 valence electrons. The molecule has 0 aromatic carbocycles. The van der Waals surface area contributed by atoms with Crippen molar-refractivity contribution in [1.82, 2.24) is 10.1 Å². The van der Waals surface area contributed by atoms with Crippen molar-refractivity contribution in [2.45, 2.75) is 31.6 Å². The van der Waals surface area contributed by atoms with Crippen LogP contribution < -0.4 is 0 Å². The number of hydrogen-bond donors (Lipinski definition) is 1. The van der Waals surface area contributed by atoms with Crippen LogP contribution in [0.3, 0.4) is 0 Å². The van der Waals surface area contributed by atoms with E-state index in [0.717, 1.165) is 28.6 Å². The van der Waals surface area contributed by atoms with Crippen molar-refractivity contribution in [2.24, 2.45) is 5.92 Å². The summed E-state index contributed by atoms with van der Waals surface area (Å²) in [4.78, 5) is 16.6. The normalized spacial score (nSPS) is 22.9. The Morgan fingerprint density at radius 1 is 1.45 bits per heavy atom. The summed E-state index contributed by atoms with van der Waals surface area (Å²) in [5.74, 6) is -0.353. The maximum Gasteiger partial charge on any atom is 0.307 e. The van der Waals surface area contributed by atoms with Gasteiger partial charge in [-0.1, -0.05) is 18.0 Å². The molecular formula is C13H13BrN2O3S. The van der Waals surface area contributed by atoms with E-state index in [2.05, 4.69) is 26.1 Å². The molecule has 1 fully saturated rings. The van der Waals surface area contributed by atoms with Gasteiger partial charge in [-0.3, -0.25) is 4.79 Å². The molecule has 2 aromatic heterocycles. The van der Waals surface area contributed by atoms with Crippen LogP contribution in [0.2, 0.25) is 0 Å². The monoisotopic (exact) mass is 356 g/mol. The smallest absolute Gasteiger partial charge is 0.307 e. The number of aliphatic carboxylic acids is 1. The minimum absolute atomic E-state index is 0.161. The van der Waals surface area contributed by atoms with Gasteiger partial charge in [0, 0.05) is 9.85 Å². The van der Waals surface area contributed by atoms with Crippen molar-refractivity contribution >= 4 is 33.2 Å². The Morgan fingerprint density at radius 2 is 2.25 bits per heavy atom. The highest BCUT2D eigenvalue weighted by Crippen LogP contribution is 2.38. The molecule has 0 radical (unpaired) electrons. The van der Waals surface area contributed by atoms with Gasteiger partial charge >= 0.3 is 5.97 Å². The number of rotatable bonds is 3. The summed E-state index contributed by atoms with van der Waals surface area (Å²) in [5.41, 5.74) is 0. The molecule has 2 heterocycles. The van der Waals surface area contributed by atoms with Crippen LogP contribution in [0, 0.1) is 5.92 Å². The lowest BCUT2D eigenvalue weighted by molar-refractivity contribution is -0.143. The Hall–Kier alpha value is -1.21. The number of carboxylic acids is 1. The third-order valence-corrected chi connectivity index (χ3v) is 5.32. The highest BCUT2D eigenvalue weighted by molar-refractivity contribution is 9.10. The molecule has 0 aliphatic heterocycles. The molecule has 7 heteroatoms. The minimum Gasteiger partial charge on any atom is -0.481 e. The fourth-order valence-corrected chi connectivity index (χ4v) is 3.99. The molecule has 1 aliphatic carbocycles. The van der Waals surface area contributed by atoms with Crippen molar-refractivity contribution in [1.29, 1.82) is 0 Å². The maximum atomic E-state index is 11.3. The van der Waals surface area contributed by atoms with E-state index in [9.17, 15) is 9.90 Å². The van der Waals surface area contributed by atoms with E-state index >= 15 is 0 Å². The number of carbonyl (C=O) groups is 1. The predicted molar refractivity (Wildman–Crippen MR) is 77.6 cm³/mol. The lowest BCUT2D eigenvalue weighted by Gasteiger charge is -2.25. The van der Waals surface area contributed by atoms with E-state index in [1.165, 1.54) is 11.3 Å². The van der Waals surface area contributed by atoms with Crippen molar-refractivity contribution in [3.63, 3.8) is 0 Å². The molecule has 0 amide bonds. The Bertz CT molecular complexity index is 625. The first-order valence-electron chi connectivity index (χ1n) is 6.46. The van der Waals surface area contributed by atoms with Crippen LogP contribution in [-0.4, -0.2) is 21.2 Å². The van der Waals surface area contributed by atoms with E-state index in [4.69, 9.17) is 4.52 Å². The van der Waals surface area contributed by atoms with Crippen molar-refractivity contribution < 1.29 is 14.4 Å². The zero-order valence-corrected chi connectivity index (χ0v) is 13.0. The van der Waals surface area contributed by atoms with Gasteiger partial charge in [-0.05, 0) is 34.8 Å². The number of carboxylic acid groups (broad SMARTS) is 1. The fraction of sp³-hybridized carbons (Fsp3) is 0.462. The highest BCUT2D eigenvalue weighted by atomic mass is 79.9. The molecule has 5 nitrogen and oxygen atoms in total. The van der Waals surface area contributed by atoms with Gasteiger partial charge in [0.1, 0.15) is 0 Å². The van der Waals surface area contributed by atoms with E-state index in [1.807, 2.05) is 11.4 Å². The van der Waals surface area contributed by atoms with Crippen molar-refractivity contribution in [3.8, 4) is 10.7 Å². The van der Waals surface area contributed by atoms with Crippen LogP contribution in [-0.2, 0) is 4.79 Å². The largest absolute Gasteiger partial charge is 0.481 e. The van der Waals surface area contributed by atoms with Gasteiger partial charge in [0.15, 0.2) is 0 Å². The van der Waals surface area contributed by atoms with Crippen LogP contribution in [0.25, 0.3) is 10.7 Å². The molecule has 0 saturated heterocycles. The summed E-state index contributed by atoms with van der Waals surface area (Å²) in [6.07, 6.45) is 3.44. The lowest BCUT2D eigenvalue weighted by Crippen LogP contribution is -2.25. The summed E-state index contributed by atoms with van der Waals surface area (Å²) in [7, 11) is 0. The first-order valence-corrected chi connectivity index (χ1v) is 8.13. The maximum absolute atomic E-state index is 11.3. The van der Waals surface area contributed by atoms with Gasteiger partial charge in [0.05, 0.1) is 16.7 Å². The number of halogens is 1. The van der Waals surface area contributed by atoms with Gasteiger partial charge in [-0.15, -0.1) is 11.3 Å². The molecular weight excluding hydrogens is 344 g/mol. The standard InChI is InChI=1S/C13H13BrN2O3S/c14-7-5-10(20-6-7)11-15-12(19-16-11)8-3-1-2-4-9(8)13(17)18/h5-6,8-9H,1-4H2,(H,17,18). The average Bonchev–Trinajstić information content (AvgIpc) is 3.07. The van der Waals surface area contributed by atoms with Crippen LogP contribution in [0.1, 0.15) is 37.5 Å². The van der Waals surface area contributed by atoms with Gasteiger partial charge in [0.25, 0.3) is 0 Å². The summed E-state index contributed by atoms with van der Waals surface area (Å²) in [6.45, 7) is 0. The van der Waals surface area contributed by atoms with Crippen LogP contribution in [0.15, 0.2) is 20.4 Å². The molecule has 3 rings (SSSR count). The Labute approximate surface area is 128 Å². The Balaban J connectivity index is 1.87. The van der Waals surface area contributed by atoms with E-state index in [0.29, 0.717) is 18.1 Å². The summed E-state index contributed by atoms with van der Waals surface area (Å²) >= 11 is 4.91. The number of hydrogen-bond acceptors (Lipinski definition) is 5. The molecule has 0 spiro atoms. The highest BCUT2D eigenvalue weighted by Gasteiger charge is 2.35. The van der Waals surface area contributed by atoms with Gasteiger partial charge in [-0.25, -0.2) is 0 Å². The molecule has 2 unspecified atom stereocenters. The predicted octanol–water partition coefficient (Wildman–Crippen LogP) is 3.92. The van der Waals surface area contributed by atoms with Gasteiger partial charge in [-0.2, -0.15) is 4.98 Å². The molecule has 1 aliphatic rings.